The molecule has 0 radical (unpaired) electrons. The molecule has 0 saturated carbocycles. The summed E-state index contributed by atoms with van der Waals surface area (Å²) in [4.78, 5) is 35.9. The quantitative estimate of drug-likeness (QED) is 0.400. The van der Waals surface area contributed by atoms with E-state index in [2.05, 4.69) is 44.0 Å². The largest absolute Gasteiger partial charge is 0.349 e. The third kappa shape index (κ3) is 4.55. The van der Waals surface area contributed by atoms with Gasteiger partial charge in [0.1, 0.15) is 11.7 Å². The summed E-state index contributed by atoms with van der Waals surface area (Å²) in [6, 6.07) is 10.2. The van der Waals surface area contributed by atoms with Crippen molar-refractivity contribution in [1.29, 1.82) is 0 Å². The minimum atomic E-state index is -1.58. The van der Waals surface area contributed by atoms with Gasteiger partial charge in [-0.25, -0.2) is 14.0 Å². The molecule has 5 heterocycles. The Morgan fingerprint density at radius 3 is 2.85 bits per heavy atom. The van der Waals surface area contributed by atoms with Crippen LogP contribution < -0.4 is 10.9 Å². The topological polar surface area (TPSA) is 124 Å². The van der Waals surface area contributed by atoms with E-state index < -0.39 is 44.3 Å². The number of anilines is 1. The van der Waals surface area contributed by atoms with Crippen LogP contribution in [0.2, 0.25) is 0 Å². The minimum Gasteiger partial charge on any atom is -0.349 e. The Morgan fingerprint density at radius 1 is 1.35 bits per heavy atom. The fourth-order valence-electron chi connectivity index (χ4n) is 5.79. The highest BCUT2D eigenvalue weighted by Crippen LogP contribution is 2.64. The van der Waals surface area contributed by atoms with Gasteiger partial charge in [0.25, 0.3) is 14.1 Å². The van der Waals surface area contributed by atoms with Crippen LogP contribution in [0.4, 0.5) is 10.3 Å². The maximum atomic E-state index is 16.3. The van der Waals surface area contributed by atoms with Crippen LogP contribution in [0.3, 0.4) is 0 Å². The Balaban J connectivity index is 1.27. The molecule has 214 valence electrons. The number of halogens is 1. The fraction of sp³-hybridized carbons (Fsp3) is 0.556. The monoisotopic (exact) mass is 572 g/mol. The van der Waals surface area contributed by atoms with Gasteiger partial charge in [-0.15, -0.1) is 0 Å². The van der Waals surface area contributed by atoms with Crippen LogP contribution in [0, 0.1) is 5.92 Å². The Labute approximate surface area is 232 Å². The number of hydrogen-bond donors (Lipinski definition) is 2. The smallest absolute Gasteiger partial charge is 0.280 e. The SMILES string of the molecule is CC[C@H]1O[C@@H](n2cnc3c(=O)[nH]c(NC(=O)C(C)C)nc32)[C@@H](F)C1O[P@@]1O[C@](C)(c2ccccc2)[C@@H]2CCCN21. The summed E-state index contributed by atoms with van der Waals surface area (Å²) in [6.07, 6.45) is -0.271. The van der Waals surface area contributed by atoms with E-state index in [1.807, 2.05) is 25.1 Å². The standard InChI is InChI=1S/C27H34FN6O5P/c1-5-17-21(38-40-34-13-9-12-18(34)27(4,39-40)16-10-7-6-8-11-16)19(28)25(37-17)33-14-29-20-22(33)30-26(32-24(20)36)31-23(35)15(2)3/h6-8,10-11,14-15,17-19,21,25H,5,9,12-13H2,1-4H3,(H2,30,31,32,35,36)/t17-,18+,19+,21?,25-,27-,40+/m1/s1. The van der Waals surface area contributed by atoms with Crippen molar-refractivity contribution in [3.05, 3.63) is 52.6 Å². The molecular formula is C27H34FN6O5P. The molecule has 40 heavy (non-hydrogen) atoms. The lowest BCUT2D eigenvalue weighted by molar-refractivity contribution is -0.118. The molecule has 3 saturated heterocycles. The zero-order valence-electron chi connectivity index (χ0n) is 22.9. The van der Waals surface area contributed by atoms with E-state index in [9.17, 15) is 9.59 Å². The van der Waals surface area contributed by atoms with Crippen molar-refractivity contribution in [2.75, 3.05) is 11.9 Å². The number of benzene rings is 1. The number of carbonyl (C=O) groups excluding carboxylic acids is 1. The second-order valence-electron chi connectivity index (χ2n) is 11.0. The zero-order valence-corrected chi connectivity index (χ0v) is 23.8. The predicted octanol–water partition coefficient (Wildman–Crippen LogP) is 4.38. The van der Waals surface area contributed by atoms with Gasteiger partial charge in [0.2, 0.25) is 11.9 Å². The van der Waals surface area contributed by atoms with Crippen LogP contribution in [0.25, 0.3) is 11.2 Å². The number of nitrogens with one attached hydrogen (secondary N) is 2. The maximum Gasteiger partial charge on any atom is 0.280 e. The van der Waals surface area contributed by atoms with Gasteiger partial charge in [-0.05, 0) is 31.7 Å². The van der Waals surface area contributed by atoms with E-state index in [0.29, 0.717) is 6.42 Å². The maximum absolute atomic E-state index is 16.3. The van der Waals surface area contributed by atoms with Crippen molar-refractivity contribution in [3.63, 3.8) is 0 Å². The second-order valence-corrected chi connectivity index (χ2v) is 12.4. The molecule has 0 spiro atoms. The van der Waals surface area contributed by atoms with E-state index in [1.165, 1.54) is 10.9 Å². The molecule has 0 aliphatic carbocycles. The highest BCUT2D eigenvalue weighted by molar-refractivity contribution is 7.45. The number of H-pyrrole nitrogens is 1. The van der Waals surface area contributed by atoms with Gasteiger partial charge in [0.15, 0.2) is 23.6 Å². The van der Waals surface area contributed by atoms with E-state index in [-0.39, 0.29) is 35.0 Å². The Bertz CT molecular complexity index is 1450. The van der Waals surface area contributed by atoms with E-state index in [4.69, 9.17) is 13.8 Å². The summed E-state index contributed by atoms with van der Waals surface area (Å²) in [5.41, 5.74) is 0.117. The minimum absolute atomic E-state index is 0.0257. The summed E-state index contributed by atoms with van der Waals surface area (Å²) >= 11 is 0. The first-order chi connectivity index (χ1) is 19.2. The number of imidazole rings is 1. The Kier molecular flexibility index (Phi) is 7.25. The molecule has 1 amide bonds. The third-order valence-corrected chi connectivity index (χ3v) is 9.90. The Hall–Kier alpha value is -2.76. The average Bonchev–Trinajstić information content (AvgIpc) is 3.70. The molecule has 3 aromatic rings. The zero-order chi connectivity index (χ0) is 28.2. The number of nitrogens with zero attached hydrogens (tertiary/aromatic N) is 4. The summed E-state index contributed by atoms with van der Waals surface area (Å²) in [5.74, 6) is -0.661. The summed E-state index contributed by atoms with van der Waals surface area (Å²) < 4.78 is 39.2. The molecule has 1 aromatic carbocycles. The molecule has 11 nitrogen and oxygen atoms in total. The number of aromatic nitrogens is 4. The highest BCUT2D eigenvalue weighted by atomic mass is 31.2. The molecule has 3 fully saturated rings. The third-order valence-electron chi connectivity index (χ3n) is 8.04. The van der Waals surface area contributed by atoms with Gasteiger partial charge in [0.05, 0.1) is 18.5 Å². The molecule has 6 rings (SSSR count). The molecule has 0 bridgehead atoms. The van der Waals surface area contributed by atoms with Crippen LogP contribution in [0.1, 0.15) is 58.7 Å². The molecule has 3 aliphatic rings. The van der Waals surface area contributed by atoms with Crippen molar-refractivity contribution in [2.45, 2.75) is 83.2 Å². The predicted molar refractivity (Wildman–Crippen MR) is 147 cm³/mol. The van der Waals surface area contributed by atoms with Crippen molar-refractivity contribution in [1.82, 2.24) is 24.2 Å². The van der Waals surface area contributed by atoms with Crippen molar-refractivity contribution >= 4 is 31.5 Å². The fourth-order valence-corrected chi connectivity index (χ4v) is 7.94. The molecule has 1 unspecified atom stereocenters. The van der Waals surface area contributed by atoms with Gasteiger partial charge in [0, 0.05) is 12.5 Å². The van der Waals surface area contributed by atoms with Crippen LogP contribution in [0.5, 0.6) is 0 Å². The molecule has 3 aliphatic heterocycles. The first-order valence-electron chi connectivity index (χ1n) is 13.8. The average molecular weight is 573 g/mol. The highest BCUT2D eigenvalue weighted by Gasteiger charge is 2.57. The number of carbonyl (C=O) groups is 1. The normalized spacial score (nSPS) is 32.2. The Morgan fingerprint density at radius 2 is 2.12 bits per heavy atom. The van der Waals surface area contributed by atoms with Crippen molar-refractivity contribution < 1.29 is 23.0 Å². The van der Waals surface area contributed by atoms with E-state index >= 15 is 4.39 Å². The first kappa shape index (κ1) is 27.4. The number of alkyl halides is 1. The molecule has 2 N–H and O–H groups in total. The summed E-state index contributed by atoms with van der Waals surface area (Å²) in [7, 11) is -1.53. The van der Waals surface area contributed by atoms with Crippen LogP contribution >= 0.6 is 8.53 Å². The van der Waals surface area contributed by atoms with Gasteiger partial charge < -0.3 is 13.8 Å². The van der Waals surface area contributed by atoms with Gasteiger partial charge >= 0.3 is 0 Å². The van der Waals surface area contributed by atoms with Crippen molar-refractivity contribution in [3.8, 4) is 0 Å². The summed E-state index contributed by atoms with van der Waals surface area (Å²) in [5, 5.41) is 2.59. The lowest BCUT2D eigenvalue weighted by atomic mass is 9.87. The number of hydrogen-bond acceptors (Lipinski definition) is 8. The van der Waals surface area contributed by atoms with E-state index in [1.54, 1.807) is 13.8 Å². The van der Waals surface area contributed by atoms with Crippen LogP contribution in [-0.2, 0) is 24.2 Å². The lowest BCUT2D eigenvalue weighted by Gasteiger charge is -2.29. The number of amides is 1. The molecule has 2 aromatic heterocycles. The number of aromatic amines is 1. The van der Waals surface area contributed by atoms with E-state index in [0.717, 1.165) is 24.9 Å². The van der Waals surface area contributed by atoms with Crippen LogP contribution in [-0.4, -0.2) is 61.1 Å². The van der Waals surface area contributed by atoms with Gasteiger partial charge in [-0.1, -0.05) is 51.1 Å². The number of fused-ring (bicyclic) bond motifs is 2. The first-order valence-corrected chi connectivity index (χ1v) is 14.9. The van der Waals surface area contributed by atoms with Crippen LogP contribution in [0.15, 0.2) is 41.5 Å². The van der Waals surface area contributed by atoms with Gasteiger partial charge in [-0.2, -0.15) is 4.98 Å². The van der Waals surface area contributed by atoms with Gasteiger partial charge in [-0.3, -0.25) is 24.5 Å². The second kappa shape index (κ2) is 10.6. The molecule has 7 atom stereocenters. The molecular weight excluding hydrogens is 538 g/mol. The number of rotatable bonds is 7. The molecule has 13 heteroatoms. The van der Waals surface area contributed by atoms with Crippen molar-refractivity contribution in [2.24, 2.45) is 5.92 Å². The summed E-state index contributed by atoms with van der Waals surface area (Å²) in [6.45, 7) is 8.28. The number of ether oxygens (including phenoxy) is 1. The lowest BCUT2D eigenvalue weighted by Crippen LogP contribution is -2.36.